The molecule has 0 saturated carbocycles. The van der Waals surface area contributed by atoms with Crippen molar-refractivity contribution in [3.05, 3.63) is 54.6 Å². The van der Waals surface area contributed by atoms with E-state index in [-0.39, 0.29) is 24.0 Å². The highest BCUT2D eigenvalue weighted by atomic mass is 127. The van der Waals surface area contributed by atoms with Gasteiger partial charge in [0.05, 0.1) is 0 Å². The molecule has 170 valence electrons. The van der Waals surface area contributed by atoms with Crippen molar-refractivity contribution in [1.82, 2.24) is 30.7 Å². The number of nitrogens with one attached hydrogen (secondary N) is 2. The van der Waals surface area contributed by atoms with Crippen LogP contribution in [-0.4, -0.2) is 58.3 Å². The van der Waals surface area contributed by atoms with Gasteiger partial charge < -0.3 is 20.1 Å². The van der Waals surface area contributed by atoms with Gasteiger partial charge in [-0.15, -0.1) is 24.0 Å². The van der Waals surface area contributed by atoms with E-state index < -0.39 is 0 Å². The van der Waals surface area contributed by atoms with E-state index in [9.17, 15) is 0 Å². The summed E-state index contributed by atoms with van der Waals surface area (Å²) in [6, 6.07) is 12.0. The van der Waals surface area contributed by atoms with Crippen molar-refractivity contribution in [2.24, 2.45) is 4.99 Å². The van der Waals surface area contributed by atoms with Gasteiger partial charge in [-0.25, -0.2) is 4.98 Å². The number of anilines is 1. The number of guanidine groups is 1. The number of aromatic nitrogens is 4. The minimum Gasteiger partial charge on any atom is -0.357 e. The van der Waals surface area contributed by atoms with Gasteiger partial charge in [-0.3, -0.25) is 9.98 Å². The third kappa shape index (κ3) is 6.62. The quantitative estimate of drug-likeness (QED) is 0.264. The molecule has 0 aliphatic carbocycles. The predicted molar refractivity (Wildman–Crippen MR) is 135 cm³/mol. The van der Waals surface area contributed by atoms with Gasteiger partial charge >= 0.3 is 0 Å². The van der Waals surface area contributed by atoms with Crippen LogP contribution in [0, 0.1) is 0 Å². The molecule has 1 aliphatic rings. The summed E-state index contributed by atoms with van der Waals surface area (Å²) >= 11 is 0. The van der Waals surface area contributed by atoms with Crippen LogP contribution < -0.4 is 15.5 Å². The fourth-order valence-electron chi connectivity index (χ4n) is 3.52. The van der Waals surface area contributed by atoms with Crippen LogP contribution in [0.2, 0.25) is 0 Å². The molecule has 4 heterocycles. The first kappa shape index (κ1) is 23.9. The summed E-state index contributed by atoms with van der Waals surface area (Å²) in [5.41, 5.74) is 0.678. The molecule has 0 atom stereocenters. The number of halogens is 1. The lowest BCUT2D eigenvalue weighted by molar-refractivity contribution is 0.421. The van der Waals surface area contributed by atoms with E-state index in [0.717, 1.165) is 44.3 Å². The van der Waals surface area contributed by atoms with Gasteiger partial charge in [-0.1, -0.05) is 17.3 Å². The Bertz CT molecular complexity index is 958. The average Bonchev–Trinajstić information content (AvgIpc) is 3.30. The lowest BCUT2D eigenvalue weighted by Gasteiger charge is -2.33. The molecule has 1 saturated heterocycles. The fourth-order valence-corrected chi connectivity index (χ4v) is 3.52. The Hall–Kier alpha value is -2.76. The van der Waals surface area contributed by atoms with Crippen molar-refractivity contribution in [3.8, 4) is 11.6 Å². The highest BCUT2D eigenvalue weighted by Gasteiger charge is 2.20. The number of pyridine rings is 2. The largest absolute Gasteiger partial charge is 0.357 e. The summed E-state index contributed by atoms with van der Waals surface area (Å²) in [6.45, 7) is 5.41. The Kier molecular flexibility index (Phi) is 9.20. The third-order valence-corrected chi connectivity index (χ3v) is 5.11. The molecule has 4 rings (SSSR count). The summed E-state index contributed by atoms with van der Waals surface area (Å²) in [5, 5.41) is 10.9. The Morgan fingerprint density at radius 1 is 1.12 bits per heavy atom. The van der Waals surface area contributed by atoms with Crippen molar-refractivity contribution in [2.45, 2.75) is 32.2 Å². The standard InChI is InChI=1S/C22H28N8O.HI/c1-2-23-22(27-17-10-15-30(16-11-17)20-8-4-6-13-25-20)26-14-9-19-28-21(31-29-19)18-7-3-5-12-24-18;/h3-8,12-13,17H,2,9-11,14-16H2,1H3,(H2,23,26,27);1H. The summed E-state index contributed by atoms with van der Waals surface area (Å²) in [7, 11) is 0. The van der Waals surface area contributed by atoms with Crippen LogP contribution in [0.4, 0.5) is 5.82 Å². The van der Waals surface area contributed by atoms with E-state index in [2.05, 4.69) is 48.6 Å². The van der Waals surface area contributed by atoms with E-state index in [1.165, 1.54) is 0 Å². The molecule has 1 aliphatic heterocycles. The highest BCUT2D eigenvalue weighted by Crippen LogP contribution is 2.17. The minimum atomic E-state index is 0. The number of hydrogen-bond donors (Lipinski definition) is 2. The molecule has 3 aromatic heterocycles. The molecule has 0 radical (unpaired) electrons. The van der Waals surface area contributed by atoms with Crippen LogP contribution in [0.5, 0.6) is 0 Å². The molecular formula is C22H29IN8O. The van der Waals surface area contributed by atoms with E-state index in [1.807, 2.05) is 36.5 Å². The zero-order valence-corrected chi connectivity index (χ0v) is 20.5. The Labute approximate surface area is 205 Å². The van der Waals surface area contributed by atoms with Crippen molar-refractivity contribution in [2.75, 3.05) is 31.1 Å². The van der Waals surface area contributed by atoms with Crippen LogP contribution in [0.1, 0.15) is 25.6 Å². The molecule has 0 unspecified atom stereocenters. The Morgan fingerprint density at radius 2 is 1.91 bits per heavy atom. The molecule has 0 aromatic carbocycles. The molecule has 3 aromatic rings. The van der Waals surface area contributed by atoms with E-state index in [0.29, 0.717) is 36.4 Å². The van der Waals surface area contributed by atoms with Crippen LogP contribution in [-0.2, 0) is 6.42 Å². The maximum absolute atomic E-state index is 5.31. The monoisotopic (exact) mass is 548 g/mol. The number of rotatable bonds is 7. The van der Waals surface area contributed by atoms with Crippen LogP contribution in [0.3, 0.4) is 0 Å². The molecule has 32 heavy (non-hydrogen) atoms. The molecule has 0 spiro atoms. The van der Waals surface area contributed by atoms with Crippen LogP contribution in [0.15, 0.2) is 58.3 Å². The number of nitrogens with zero attached hydrogens (tertiary/aromatic N) is 6. The van der Waals surface area contributed by atoms with E-state index >= 15 is 0 Å². The Balaban J connectivity index is 0.00000289. The second-order valence-corrected chi connectivity index (χ2v) is 7.33. The Morgan fingerprint density at radius 3 is 2.59 bits per heavy atom. The first-order valence-corrected chi connectivity index (χ1v) is 10.8. The van der Waals surface area contributed by atoms with Crippen LogP contribution >= 0.6 is 24.0 Å². The average molecular weight is 548 g/mol. The predicted octanol–water partition coefficient (Wildman–Crippen LogP) is 2.91. The summed E-state index contributed by atoms with van der Waals surface area (Å²) < 4.78 is 5.31. The summed E-state index contributed by atoms with van der Waals surface area (Å²) in [6.07, 6.45) is 6.24. The van der Waals surface area contributed by atoms with Gasteiger partial charge in [0.15, 0.2) is 11.8 Å². The van der Waals surface area contributed by atoms with Gasteiger partial charge in [0.25, 0.3) is 5.89 Å². The lowest BCUT2D eigenvalue weighted by Crippen LogP contribution is -2.49. The van der Waals surface area contributed by atoms with Gasteiger partial charge in [0.1, 0.15) is 11.5 Å². The smallest absolute Gasteiger partial charge is 0.276 e. The zero-order chi connectivity index (χ0) is 21.3. The van der Waals surface area contributed by atoms with E-state index in [1.54, 1.807) is 6.20 Å². The minimum absolute atomic E-state index is 0. The molecule has 1 fully saturated rings. The summed E-state index contributed by atoms with van der Waals surface area (Å²) in [5.74, 6) is 2.94. The van der Waals surface area contributed by atoms with Gasteiger partial charge in [-0.05, 0) is 44.0 Å². The molecule has 2 N–H and O–H groups in total. The fraction of sp³-hybridized carbons (Fsp3) is 0.409. The maximum atomic E-state index is 5.31. The summed E-state index contributed by atoms with van der Waals surface area (Å²) in [4.78, 5) is 20.1. The highest BCUT2D eigenvalue weighted by molar-refractivity contribution is 14.0. The van der Waals surface area contributed by atoms with Gasteiger partial charge in [-0.2, -0.15) is 4.98 Å². The van der Waals surface area contributed by atoms with Gasteiger partial charge in [0, 0.05) is 51.0 Å². The molecule has 0 amide bonds. The molecule has 9 nitrogen and oxygen atoms in total. The normalized spacial score (nSPS) is 14.7. The second-order valence-electron chi connectivity index (χ2n) is 7.33. The molecule has 10 heteroatoms. The number of aliphatic imine (C=N–C) groups is 1. The number of piperidine rings is 1. The lowest BCUT2D eigenvalue weighted by atomic mass is 10.1. The maximum Gasteiger partial charge on any atom is 0.276 e. The van der Waals surface area contributed by atoms with Crippen molar-refractivity contribution in [1.29, 1.82) is 0 Å². The number of hydrogen-bond acceptors (Lipinski definition) is 7. The van der Waals surface area contributed by atoms with Crippen molar-refractivity contribution >= 4 is 35.8 Å². The van der Waals surface area contributed by atoms with Crippen LogP contribution in [0.25, 0.3) is 11.6 Å². The van der Waals surface area contributed by atoms with Gasteiger partial charge in [0.2, 0.25) is 0 Å². The molecule has 0 bridgehead atoms. The van der Waals surface area contributed by atoms with Crippen molar-refractivity contribution in [3.63, 3.8) is 0 Å². The van der Waals surface area contributed by atoms with Crippen molar-refractivity contribution < 1.29 is 4.52 Å². The molecular weight excluding hydrogens is 519 g/mol. The second kappa shape index (κ2) is 12.3. The topological polar surface area (TPSA) is 104 Å². The zero-order valence-electron chi connectivity index (χ0n) is 18.1. The first-order valence-electron chi connectivity index (χ1n) is 10.8. The SMILES string of the molecule is CCNC(=NCCc1noc(-c2ccccn2)n1)NC1CCN(c2ccccn2)CC1.I. The third-order valence-electron chi connectivity index (χ3n) is 5.11. The first-order chi connectivity index (χ1) is 15.3. The van der Waals surface area contributed by atoms with E-state index in [4.69, 9.17) is 9.52 Å².